The molecule has 114 valence electrons. The predicted octanol–water partition coefficient (Wildman–Crippen LogP) is 1.16. The molecule has 3 rings (SSSR count). The number of hydrogen-bond acceptors (Lipinski definition) is 4. The van der Waals surface area contributed by atoms with E-state index in [0.717, 1.165) is 50.2 Å². The molecule has 1 saturated heterocycles. The van der Waals surface area contributed by atoms with Gasteiger partial charge in [-0.15, -0.1) is 0 Å². The standard InChI is InChI=1S/C16H24N4O/c1-12-13(7-15(8-17)19(12)2)9-18-10-16-11-20(5-6-21-16)14-3-4-14/h7,14,16,18H,3-6,9-11H2,1-2H3. The molecule has 0 bridgehead atoms. The number of nitrogens with zero attached hydrogens (tertiary/aromatic N) is 3. The Kier molecular flexibility index (Phi) is 4.29. The predicted molar refractivity (Wildman–Crippen MR) is 80.9 cm³/mol. The second-order valence-electron chi connectivity index (χ2n) is 6.16. The average molecular weight is 288 g/mol. The summed E-state index contributed by atoms with van der Waals surface area (Å²) in [7, 11) is 1.94. The van der Waals surface area contributed by atoms with Crippen molar-refractivity contribution in [3.05, 3.63) is 23.0 Å². The highest BCUT2D eigenvalue weighted by atomic mass is 16.5. The van der Waals surface area contributed by atoms with E-state index in [9.17, 15) is 0 Å². The molecule has 1 saturated carbocycles. The van der Waals surface area contributed by atoms with Gasteiger partial charge in [0.1, 0.15) is 11.8 Å². The van der Waals surface area contributed by atoms with Gasteiger partial charge in [-0.05, 0) is 31.4 Å². The zero-order valence-corrected chi connectivity index (χ0v) is 12.9. The molecular weight excluding hydrogens is 264 g/mol. The van der Waals surface area contributed by atoms with Crippen molar-refractivity contribution in [2.75, 3.05) is 26.2 Å². The first-order valence-electron chi connectivity index (χ1n) is 7.80. The molecule has 0 aromatic carbocycles. The summed E-state index contributed by atoms with van der Waals surface area (Å²) < 4.78 is 7.79. The Morgan fingerprint density at radius 3 is 2.95 bits per heavy atom. The monoisotopic (exact) mass is 288 g/mol. The Morgan fingerprint density at radius 2 is 2.29 bits per heavy atom. The molecule has 5 nitrogen and oxygen atoms in total. The van der Waals surface area contributed by atoms with E-state index in [1.165, 1.54) is 18.4 Å². The Hall–Kier alpha value is -1.35. The van der Waals surface area contributed by atoms with Crippen molar-refractivity contribution in [3.63, 3.8) is 0 Å². The molecule has 2 fully saturated rings. The number of nitrogens with one attached hydrogen (secondary N) is 1. The third-order valence-corrected chi connectivity index (χ3v) is 4.68. The van der Waals surface area contributed by atoms with Crippen molar-refractivity contribution in [3.8, 4) is 6.07 Å². The van der Waals surface area contributed by atoms with E-state index in [4.69, 9.17) is 10.00 Å². The maximum Gasteiger partial charge on any atom is 0.120 e. The molecule has 1 aromatic heterocycles. The second-order valence-corrected chi connectivity index (χ2v) is 6.16. The number of aromatic nitrogens is 1. The van der Waals surface area contributed by atoms with Gasteiger partial charge in [-0.3, -0.25) is 4.90 Å². The minimum atomic E-state index is 0.291. The van der Waals surface area contributed by atoms with Crippen LogP contribution in [0.3, 0.4) is 0 Å². The lowest BCUT2D eigenvalue weighted by molar-refractivity contribution is -0.0301. The number of hydrogen-bond donors (Lipinski definition) is 1. The Bertz CT molecular complexity index is 541. The molecule has 21 heavy (non-hydrogen) atoms. The van der Waals surface area contributed by atoms with Crippen molar-refractivity contribution in [2.45, 2.75) is 38.5 Å². The summed E-state index contributed by atoms with van der Waals surface area (Å²) in [6, 6.07) is 5.02. The lowest BCUT2D eigenvalue weighted by Crippen LogP contribution is -2.47. The quantitative estimate of drug-likeness (QED) is 0.883. The lowest BCUT2D eigenvalue weighted by Gasteiger charge is -2.33. The molecule has 1 aliphatic heterocycles. The molecule has 0 spiro atoms. The summed E-state index contributed by atoms with van der Waals surface area (Å²) in [5, 5.41) is 12.5. The number of rotatable bonds is 5. The molecule has 5 heteroatoms. The summed E-state index contributed by atoms with van der Waals surface area (Å²) in [4.78, 5) is 2.57. The minimum Gasteiger partial charge on any atom is -0.374 e. The van der Waals surface area contributed by atoms with E-state index in [2.05, 4.69) is 23.2 Å². The molecule has 1 aromatic rings. The number of ether oxygens (including phenoxy) is 1. The van der Waals surface area contributed by atoms with E-state index in [-0.39, 0.29) is 0 Å². The fraction of sp³-hybridized carbons (Fsp3) is 0.688. The number of morpholine rings is 1. The summed E-state index contributed by atoms with van der Waals surface area (Å²) in [5.74, 6) is 0. The van der Waals surface area contributed by atoms with Gasteiger partial charge >= 0.3 is 0 Å². The van der Waals surface area contributed by atoms with Gasteiger partial charge in [0.15, 0.2) is 0 Å². The Morgan fingerprint density at radius 1 is 1.48 bits per heavy atom. The molecule has 2 aliphatic rings. The topological polar surface area (TPSA) is 53.2 Å². The smallest absolute Gasteiger partial charge is 0.120 e. The summed E-state index contributed by atoms with van der Waals surface area (Å²) in [5.41, 5.74) is 3.07. The van der Waals surface area contributed by atoms with E-state index < -0.39 is 0 Å². The largest absolute Gasteiger partial charge is 0.374 e. The summed E-state index contributed by atoms with van der Waals surface area (Å²) in [6.07, 6.45) is 3.01. The van der Waals surface area contributed by atoms with Gasteiger partial charge in [-0.25, -0.2) is 0 Å². The van der Waals surface area contributed by atoms with Gasteiger partial charge in [0, 0.05) is 45.0 Å². The van der Waals surface area contributed by atoms with Crippen molar-refractivity contribution < 1.29 is 4.74 Å². The zero-order chi connectivity index (χ0) is 14.8. The highest BCUT2D eigenvalue weighted by Crippen LogP contribution is 2.28. The molecule has 1 unspecified atom stereocenters. The van der Waals surface area contributed by atoms with Crippen LogP contribution in [-0.2, 0) is 18.3 Å². The molecule has 2 heterocycles. The fourth-order valence-electron chi connectivity index (χ4n) is 3.05. The van der Waals surface area contributed by atoms with Crippen molar-refractivity contribution in [2.24, 2.45) is 7.05 Å². The zero-order valence-electron chi connectivity index (χ0n) is 12.9. The van der Waals surface area contributed by atoms with Crippen LogP contribution in [0.2, 0.25) is 0 Å². The third-order valence-electron chi connectivity index (χ3n) is 4.68. The van der Waals surface area contributed by atoms with Crippen LogP contribution in [0.1, 0.15) is 29.8 Å². The Balaban J connectivity index is 1.48. The molecular formula is C16H24N4O. The van der Waals surface area contributed by atoms with Gasteiger partial charge in [-0.1, -0.05) is 0 Å². The van der Waals surface area contributed by atoms with Crippen molar-refractivity contribution in [1.29, 1.82) is 5.26 Å². The van der Waals surface area contributed by atoms with Crippen LogP contribution in [0.5, 0.6) is 0 Å². The first kappa shape index (κ1) is 14.6. The maximum absolute atomic E-state index is 9.06. The van der Waals surface area contributed by atoms with E-state index in [1.807, 2.05) is 17.7 Å². The minimum absolute atomic E-state index is 0.291. The molecule has 0 amide bonds. The lowest BCUT2D eigenvalue weighted by atomic mass is 10.2. The van der Waals surface area contributed by atoms with Crippen LogP contribution in [0, 0.1) is 18.3 Å². The van der Waals surface area contributed by atoms with E-state index in [1.54, 1.807) is 0 Å². The fourth-order valence-corrected chi connectivity index (χ4v) is 3.05. The van der Waals surface area contributed by atoms with Crippen LogP contribution in [0.15, 0.2) is 6.07 Å². The summed E-state index contributed by atoms with van der Waals surface area (Å²) in [6.45, 7) is 6.72. The van der Waals surface area contributed by atoms with Gasteiger partial charge in [0.2, 0.25) is 0 Å². The SMILES string of the molecule is Cc1c(CNCC2CN(C3CC3)CCO2)cc(C#N)n1C. The first-order chi connectivity index (χ1) is 10.2. The van der Waals surface area contributed by atoms with Crippen LogP contribution in [-0.4, -0.2) is 47.9 Å². The van der Waals surface area contributed by atoms with Gasteiger partial charge in [0.05, 0.1) is 12.7 Å². The third kappa shape index (κ3) is 3.29. The highest BCUT2D eigenvalue weighted by Gasteiger charge is 2.32. The van der Waals surface area contributed by atoms with Crippen molar-refractivity contribution in [1.82, 2.24) is 14.8 Å². The molecule has 1 N–H and O–H groups in total. The normalized spacial score (nSPS) is 23.2. The maximum atomic E-state index is 9.06. The van der Waals surface area contributed by atoms with Crippen molar-refractivity contribution >= 4 is 0 Å². The summed E-state index contributed by atoms with van der Waals surface area (Å²) >= 11 is 0. The van der Waals surface area contributed by atoms with Crippen LogP contribution < -0.4 is 5.32 Å². The molecule has 0 radical (unpaired) electrons. The van der Waals surface area contributed by atoms with Crippen LogP contribution in [0.25, 0.3) is 0 Å². The van der Waals surface area contributed by atoms with E-state index >= 15 is 0 Å². The van der Waals surface area contributed by atoms with Crippen LogP contribution in [0.4, 0.5) is 0 Å². The molecule has 1 aliphatic carbocycles. The molecule has 1 atom stereocenters. The highest BCUT2D eigenvalue weighted by molar-refractivity contribution is 5.34. The Labute approximate surface area is 126 Å². The first-order valence-corrected chi connectivity index (χ1v) is 7.80. The number of nitriles is 1. The van der Waals surface area contributed by atoms with Gasteiger partial charge in [-0.2, -0.15) is 5.26 Å². The second kappa shape index (κ2) is 6.18. The van der Waals surface area contributed by atoms with Gasteiger partial charge < -0.3 is 14.6 Å². The van der Waals surface area contributed by atoms with Gasteiger partial charge in [0.25, 0.3) is 0 Å². The average Bonchev–Trinajstić information content (AvgIpc) is 3.31. The van der Waals surface area contributed by atoms with Crippen LogP contribution >= 0.6 is 0 Å². The van der Waals surface area contributed by atoms with E-state index in [0.29, 0.717) is 6.10 Å².